The van der Waals surface area contributed by atoms with E-state index < -0.39 is 0 Å². The molecule has 0 N–H and O–H groups in total. The molecule has 102 valence electrons. The molecular formula is C15H20BFO2. The summed E-state index contributed by atoms with van der Waals surface area (Å²) in [7, 11) is -0.366. The zero-order valence-corrected chi connectivity index (χ0v) is 12.2. The second kappa shape index (κ2) is 4.76. The molecule has 1 aliphatic rings. The van der Waals surface area contributed by atoms with E-state index in [2.05, 4.69) is 0 Å². The Hall–Kier alpha value is -1.13. The van der Waals surface area contributed by atoms with Crippen molar-refractivity contribution in [3.05, 3.63) is 41.1 Å². The van der Waals surface area contributed by atoms with E-state index in [4.69, 9.17) is 9.31 Å². The van der Waals surface area contributed by atoms with E-state index in [0.717, 1.165) is 11.1 Å². The van der Waals surface area contributed by atoms with Gasteiger partial charge in [-0.15, -0.1) is 0 Å². The second-order valence-electron chi connectivity index (χ2n) is 5.98. The SMILES string of the molecule is Cc1cc(F)ccc1/C=C/B1OC(C)(C)C(C)(C)O1. The van der Waals surface area contributed by atoms with Crippen LogP contribution in [0.3, 0.4) is 0 Å². The van der Waals surface area contributed by atoms with Crippen molar-refractivity contribution in [2.75, 3.05) is 0 Å². The third kappa shape index (κ3) is 2.90. The van der Waals surface area contributed by atoms with Crippen molar-refractivity contribution < 1.29 is 13.7 Å². The summed E-state index contributed by atoms with van der Waals surface area (Å²) in [6.45, 7) is 9.95. The molecule has 4 heteroatoms. The molecule has 1 heterocycles. The summed E-state index contributed by atoms with van der Waals surface area (Å²) in [5, 5.41) is 0. The lowest BCUT2D eigenvalue weighted by Crippen LogP contribution is -2.41. The van der Waals surface area contributed by atoms with Crippen LogP contribution in [-0.4, -0.2) is 18.3 Å². The van der Waals surface area contributed by atoms with Crippen molar-refractivity contribution in [1.29, 1.82) is 0 Å². The van der Waals surface area contributed by atoms with Crippen LogP contribution in [0.4, 0.5) is 4.39 Å². The largest absolute Gasteiger partial charge is 0.487 e. The topological polar surface area (TPSA) is 18.5 Å². The van der Waals surface area contributed by atoms with E-state index in [9.17, 15) is 4.39 Å². The number of aryl methyl sites for hydroxylation is 1. The fourth-order valence-electron chi connectivity index (χ4n) is 1.98. The molecule has 2 rings (SSSR count). The zero-order valence-electron chi connectivity index (χ0n) is 12.2. The first kappa shape index (κ1) is 14.3. The van der Waals surface area contributed by atoms with E-state index in [0.29, 0.717) is 0 Å². The molecule has 0 amide bonds. The third-order valence-corrected chi connectivity index (χ3v) is 3.94. The van der Waals surface area contributed by atoms with Gasteiger partial charge < -0.3 is 9.31 Å². The first-order chi connectivity index (χ1) is 8.71. The molecular weight excluding hydrogens is 242 g/mol. The Morgan fingerprint density at radius 3 is 2.21 bits per heavy atom. The van der Waals surface area contributed by atoms with E-state index in [1.165, 1.54) is 12.1 Å². The van der Waals surface area contributed by atoms with E-state index in [1.807, 2.05) is 46.7 Å². The average molecular weight is 262 g/mol. The molecule has 0 unspecified atom stereocenters. The Morgan fingerprint density at radius 1 is 1.11 bits per heavy atom. The van der Waals surface area contributed by atoms with Gasteiger partial charge in [0.05, 0.1) is 11.2 Å². The average Bonchev–Trinajstić information content (AvgIpc) is 2.46. The summed E-state index contributed by atoms with van der Waals surface area (Å²) in [4.78, 5) is 0. The predicted molar refractivity (Wildman–Crippen MR) is 76.3 cm³/mol. The van der Waals surface area contributed by atoms with Gasteiger partial charge >= 0.3 is 7.12 Å². The molecule has 0 saturated carbocycles. The quantitative estimate of drug-likeness (QED) is 0.755. The molecule has 0 aliphatic carbocycles. The lowest BCUT2D eigenvalue weighted by Gasteiger charge is -2.32. The van der Waals surface area contributed by atoms with Crippen LogP contribution < -0.4 is 0 Å². The van der Waals surface area contributed by atoms with Gasteiger partial charge in [-0.05, 0) is 57.9 Å². The Morgan fingerprint density at radius 2 is 1.68 bits per heavy atom. The van der Waals surface area contributed by atoms with Crippen molar-refractivity contribution in [3.63, 3.8) is 0 Å². The van der Waals surface area contributed by atoms with Crippen LogP contribution in [0.25, 0.3) is 6.08 Å². The summed E-state index contributed by atoms with van der Waals surface area (Å²) in [6, 6.07) is 4.73. The molecule has 0 atom stereocenters. The predicted octanol–water partition coefficient (Wildman–Crippen LogP) is 3.78. The highest BCUT2D eigenvalue weighted by Crippen LogP contribution is 2.37. The number of hydrogen-bond acceptors (Lipinski definition) is 2. The molecule has 0 bridgehead atoms. The smallest absolute Gasteiger partial charge is 0.400 e. The lowest BCUT2D eigenvalue weighted by molar-refractivity contribution is 0.00578. The summed E-state index contributed by atoms with van der Waals surface area (Å²) in [5.74, 6) is 1.65. The van der Waals surface area contributed by atoms with E-state index >= 15 is 0 Å². The Labute approximate surface area is 114 Å². The number of rotatable bonds is 2. The fourth-order valence-corrected chi connectivity index (χ4v) is 1.98. The maximum Gasteiger partial charge on any atom is 0.487 e. The minimum Gasteiger partial charge on any atom is -0.400 e. The van der Waals surface area contributed by atoms with E-state index in [1.54, 1.807) is 6.07 Å². The van der Waals surface area contributed by atoms with Crippen molar-refractivity contribution in [1.82, 2.24) is 0 Å². The number of halogens is 1. The van der Waals surface area contributed by atoms with Gasteiger partial charge in [-0.2, -0.15) is 0 Å². The van der Waals surface area contributed by atoms with Gasteiger partial charge in [-0.25, -0.2) is 4.39 Å². The van der Waals surface area contributed by atoms with Crippen LogP contribution in [0, 0.1) is 12.7 Å². The van der Waals surface area contributed by atoms with Crippen molar-refractivity contribution >= 4 is 13.2 Å². The highest BCUT2D eigenvalue weighted by atomic mass is 19.1. The molecule has 1 saturated heterocycles. The Bertz CT molecular complexity index is 493. The number of hydrogen-bond donors (Lipinski definition) is 0. The standard InChI is InChI=1S/C15H20BFO2/c1-11-10-13(17)7-6-12(11)8-9-16-18-14(2,3)15(4,5)19-16/h6-10H,1-5H3/b9-8+. The number of benzene rings is 1. The normalized spacial score (nSPS) is 21.3. The maximum atomic E-state index is 13.0. The van der Waals surface area contributed by atoms with Crippen LogP contribution in [0.15, 0.2) is 24.2 Å². The van der Waals surface area contributed by atoms with Crippen LogP contribution in [-0.2, 0) is 9.31 Å². The first-order valence-corrected chi connectivity index (χ1v) is 6.51. The monoisotopic (exact) mass is 262 g/mol. The van der Waals surface area contributed by atoms with Gasteiger partial charge in [0.15, 0.2) is 0 Å². The molecule has 1 aromatic rings. The molecule has 2 nitrogen and oxygen atoms in total. The lowest BCUT2D eigenvalue weighted by atomic mass is 9.88. The third-order valence-electron chi connectivity index (χ3n) is 3.94. The van der Waals surface area contributed by atoms with Crippen molar-refractivity contribution in [2.45, 2.75) is 45.8 Å². The molecule has 19 heavy (non-hydrogen) atoms. The minimum absolute atomic E-state index is 0.217. The van der Waals surface area contributed by atoms with Gasteiger partial charge in [-0.1, -0.05) is 18.1 Å². The minimum atomic E-state index is -0.366. The van der Waals surface area contributed by atoms with Crippen LogP contribution in [0.5, 0.6) is 0 Å². The fraction of sp³-hybridized carbons (Fsp3) is 0.467. The summed E-state index contributed by atoms with van der Waals surface area (Å²) in [5.41, 5.74) is 1.20. The molecule has 0 aromatic heterocycles. The molecule has 1 fully saturated rings. The van der Waals surface area contributed by atoms with Crippen LogP contribution in [0.2, 0.25) is 0 Å². The van der Waals surface area contributed by atoms with Gasteiger partial charge in [0.2, 0.25) is 0 Å². The van der Waals surface area contributed by atoms with Gasteiger partial charge in [-0.3, -0.25) is 0 Å². The Balaban J connectivity index is 2.13. The van der Waals surface area contributed by atoms with Crippen LogP contribution >= 0.6 is 0 Å². The van der Waals surface area contributed by atoms with Gasteiger partial charge in [0, 0.05) is 0 Å². The summed E-state index contributed by atoms with van der Waals surface area (Å²) >= 11 is 0. The highest BCUT2D eigenvalue weighted by Gasteiger charge is 2.49. The van der Waals surface area contributed by atoms with Crippen molar-refractivity contribution in [3.8, 4) is 0 Å². The maximum absolute atomic E-state index is 13.0. The molecule has 0 spiro atoms. The van der Waals surface area contributed by atoms with Gasteiger partial charge in [0.25, 0.3) is 0 Å². The van der Waals surface area contributed by atoms with Crippen LogP contribution in [0.1, 0.15) is 38.8 Å². The second-order valence-corrected chi connectivity index (χ2v) is 5.98. The summed E-state index contributed by atoms with van der Waals surface area (Å²) in [6.07, 6.45) is 1.91. The van der Waals surface area contributed by atoms with E-state index in [-0.39, 0.29) is 24.1 Å². The first-order valence-electron chi connectivity index (χ1n) is 6.51. The van der Waals surface area contributed by atoms with Crippen molar-refractivity contribution in [2.24, 2.45) is 0 Å². The molecule has 1 aromatic carbocycles. The summed E-state index contributed by atoms with van der Waals surface area (Å²) < 4.78 is 24.8. The highest BCUT2D eigenvalue weighted by molar-refractivity contribution is 6.52. The zero-order chi connectivity index (χ0) is 14.3. The van der Waals surface area contributed by atoms with Gasteiger partial charge in [0.1, 0.15) is 5.82 Å². The molecule has 0 radical (unpaired) electrons. The molecule has 1 aliphatic heterocycles. The Kier molecular flexibility index (Phi) is 3.58.